The highest BCUT2D eigenvalue weighted by molar-refractivity contribution is 5.93. The highest BCUT2D eigenvalue weighted by atomic mass is 16.4. The van der Waals surface area contributed by atoms with Gasteiger partial charge in [-0.2, -0.15) is 0 Å². The number of carbonyl (C=O) groups is 2. The van der Waals surface area contributed by atoms with E-state index in [4.69, 9.17) is 5.11 Å². The van der Waals surface area contributed by atoms with Crippen LogP contribution < -0.4 is 10.6 Å². The number of carboxylic acid groups (broad SMARTS) is 1. The second kappa shape index (κ2) is 5.73. The van der Waals surface area contributed by atoms with Crippen molar-refractivity contribution in [3.63, 3.8) is 0 Å². The molecule has 1 aromatic carbocycles. The summed E-state index contributed by atoms with van der Waals surface area (Å²) in [4.78, 5) is 22.6. The standard InChI is InChI=1S/C14H20N2O3/c1-9(2)10-5-7-11(8-6-10)15-13(19)16-14(3,4)12(17)18/h5-9H,1-4H3,(H,17,18)(H2,15,16,19). The summed E-state index contributed by atoms with van der Waals surface area (Å²) in [7, 11) is 0. The molecule has 0 atom stereocenters. The molecule has 0 saturated heterocycles. The third-order valence-corrected chi connectivity index (χ3v) is 2.80. The zero-order valence-electron chi connectivity index (χ0n) is 11.7. The molecule has 0 spiro atoms. The van der Waals surface area contributed by atoms with Crippen LogP contribution in [0, 0.1) is 0 Å². The van der Waals surface area contributed by atoms with Crippen molar-refractivity contribution in [3.8, 4) is 0 Å². The number of benzene rings is 1. The lowest BCUT2D eigenvalue weighted by molar-refractivity contribution is -0.142. The molecule has 0 unspecified atom stereocenters. The first-order chi connectivity index (χ1) is 8.72. The SMILES string of the molecule is CC(C)c1ccc(NC(=O)NC(C)(C)C(=O)O)cc1. The molecule has 0 fully saturated rings. The molecular formula is C14H20N2O3. The number of hydrogen-bond acceptors (Lipinski definition) is 2. The summed E-state index contributed by atoms with van der Waals surface area (Å²) in [5, 5.41) is 13.9. The van der Waals surface area contributed by atoms with E-state index in [1.165, 1.54) is 19.4 Å². The van der Waals surface area contributed by atoms with Crippen molar-refractivity contribution in [3.05, 3.63) is 29.8 Å². The second-order valence-electron chi connectivity index (χ2n) is 5.29. The molecule has 1 aromatic rings. The Bertz CT molecular complexity index is 464. The average molecular weight is 264 g/mol. The third-order valence-electron chi connectivity index (χ3n) is 2.80. The molecule has 0 aliphatic rings. The Morgan fingerprint density at radius 3 is 2.11 bits per heavy atom. The number of carboxylic acids is 1. The lowest BCUT2D eigenvalue weighted by Gasteiger charge is -2.21. The number of amides is 2. The van der Waals surface area contributed by atoms with Crippen molar-refractivity contribution in [2.24, 2.45) is 0 Å². The van der Waals surface area contributed by atoms with Crippen LogP contribution in [-0.4, -0.2) is 22.6 Å². The number of aliphatic carboxylic acids is 1. The summed E-state index contributed by atoms with van der Waals surface area (Å²) in [6, 6.07) is 6.92. The number of nitrogens with one attached hydrogen (secondary N) is 2. The van der Waals surface area contributed by atoms with Crippen LogP contribution in [0.3, 0.4) is 0 Å². The third kappa shape index (κ3) is 4.28. The summed E-state index contributed by atoms with van der Waals surface area (Å²) in [5.41, 5.74) is 0.502. The van der Waals surface area contributed by atoms with E-state index in [1.807, 2.05) is 12.1 Å². The van der Waals surface area contributed by atoms with Crippen LogP contribution in [0.4, 0.5) is 10.5 Å². The van der Waals surface area contributed by atoms with E-state index < -0.39 is 17.5 Å². The minimum atomic E-state index is -1.30. The summed E-state index contributed by atoms with van der Waals surface area (Å²) < 4.78 is 0. The first kappa shape index (κ1) is 15.0. The quantitative estimate of drug-likeness (QED) is 0.782. The maximum atomic E-state index is 11.7. The molecule has 0 bridgehead atoms. The van der Waals surface area contributed by atoms with Crippen molar-refractivity contribution in [2.45, 2.75) is 39.2 Å². The summed E-state index contributed by atoms with van der Waals surface area (Å²) >= 11 is 0. The summed E-state index contributed by atoms with van der Waals surface area (Å²) in [5.74, 6) is -0.661. The van der Waals surface area contributed by atoms with Crippen LogP contribution in [0.5, 0.6) is 0 Å². The van der Waals surface area contributed by atoms with Gasteiger partial charge in [0.15, 0.2) is 0 Å². The van der Waals surface area contributed by atoms with Crippen molar-refractivity contribution >= 4 is 17.7 Å². The Balaban J connectivity index is 2.65. The van der Waals surface area contributed by atoms with E-state index in [2.05, 4.69) is 24.5 Å². The lowest BCUT2D eigenvalue weighted by atomic mass is 10.0. The molecular weight excluding hydrogens is 244 g/mol. The normalized spacial score (nSPS) is 11.2. The van der Waals surface area contributed by atoms with Crippen LogP contribution >= 0.6 is 0 Å². The van der Waals surface area contributed by atoms with Gasteiger partial charge in [0.25, 0.3) is 0 Å². The van der Waals surface area contributed by atoms with Gasteiger partial charge in [0.1, 0.15) is 5.54 Å². The Morgan fingerprint density at radius 2 is 1.68 bits per heavy atom. The average Bonchev–Trinajstić information content (AvgIpc) is 2.28. The monoisotopic (exact) mass is 264 g/mol. The van der Waals surface area contributed by atoms with Crippen molar-refractivity contribution < 1.29 is 14.7 Å². The fraction of sp³-hybridized carbons (Fsp3) is 0.429. The summed E-state index contributed by atoms with van der Waals surface area (Å²) in [6.45, 7) is 7.03. The number of carbonyl (C=O) groups excluding carboxylic acids is 1. The topological polar surface area (TPSA) is 78.4 Å². The van der Waals surface area contributed by atoms with Gasteiger partial charge in [-0.15, -0.1) is 0 Å². The van der Waals surface area contributed by atoms with Gasteiger partial charge in [-0.25, -0.2) is 9.59 Å². The molecule has 5 heteroatoms. The van der Waals surface area contributed by atoms with E-state index in [9.17, 15) is 9.59 Å². The molecule has 104 valence electrons. The van der Waals surface area contributed by atoms with Crippen LogP contribution in [0.2, 0.25) is 0 Å². The Morgan fingerprint density at radius 1 is 1.16 bits per heavy atom. The molecule has 0 aromatic heterocycles. The first-order valence-corrected chi connectivity index (χ1v) is 6.15. The number of hydrogen-bond donors (Lipinski definition) is 3. The van der Waals surface area contributed by atoms with Gasteiger partial charge in [0.05, 0.1) is 0 Å². The van der Waals surface area contributed by atoms with Crippen LogP contribution in [0.15, 0.2) is 24.3 Å². The predicted molar refractivity (Wildman–Crippen MR) is 74.4 cm³/mol. The van der Waals surface area contributed by atoms with Crippen molar-refractivity contribution in [1.82, 2.24) is 5.32 Å². The van der Waals surface area contributed by atoms with E-state index in [0.29, 0.717) is 11.6 Å². The maximum absolute atomic E-state index is 11.7. The summed E-state index contributed by atoms with van der Waals surface area (Å²) in [6.07, 6.45) is 0. The highest BCUT2D eigenvalue weighted by Gasteiger charge is 2.28. The van der Waals surface area contributed by atoms with E-state index in [-0.39, 0.29) is 0 Å². The van der Waals surface area contributed by atoms with Crippen LogP contribution in [-0.2, 0) is 4.79 Å². The lowest BCUT2D eigenvalue weighted by Crippen LogP contribution is -2.51. The van der Waals surface area contributed by atoms with Gasteiger partial charge >= 0.3 is 12.0 Å². The molecule has 0 aliphatic carbocycles. The van der Waals surface area contributed by atoms with Gasteiger partial charge in [-0.1, -0.05) is 26.0 Å². The molecule has 0 heterocycles. The molecule has 19 heavy (non-hydrogen) atoms. The van der Waals surface area contributed by atoms with Gasteiger partial charge < -0.3 is 15.7 Å². The zero-order valence-corrected chi connectivity index (χ0v) is 11.7. The van der Waals surface area contributed by atoms with Gasteiger partial charge in [-0.3, -0.25) is 0 Å². The fourth-order valence-electron chi connectivity index (χ4n) is 1.45. The second-order valence-corrected chi connectivity index (χ2v) is 5.29. The van der Waals surface area contributed by atoms with E-state index in [0.717, 1.165) is 0 Å². The first-order valence-electron chi connectivity index (χ1n) is 6.15. The number of rotatable bonds is 4. The molecule has 1 rings (SSSR count). The Kier molecular flexibility index (Phi) is 4.53. The largest absolute Gasteiger partial charge is 0.480 e. The maximum Gasteiger partial charge on any atom is 0.328 e. The smallest absolute Gasteiger partial charge is 0.328 e. The van der Waals surface area contributed by atoms with Crippen LogP contribution in [0.1, 0.15) is 39.2 Å². The predicted octanol–water partition coefficient (Wildman–Crippen LogP) is 2.79. The van der Waals surface area contributed by atoms with Crippen molar-refractivity contribution in [1.29, 1.82) is 0 Å². The Hall–Kier alpha value is -2.04. The Labute approximate surface area is 113 Å². The molecule has 2 amide bonds. The minimum Gasteiger partial charge on any atom is -0.480 e. The van der Waals surface area contributed by atoms with E-state index in [1.54, 1.807) is 12.1 Å². The molecule has 0 aliphatic heterocycles. The van der Waals surface area contributed by atoms with Crippen molar-refractivity contribution in [2.75, 3.05) is 5.32 Å². The number of urea groups is 1. The van der Waals surface area contributed by atoms with Gasteiger partial charge in [0.2, 0.25) is 0 Å². The molecule has 5 nitrogen and oxygen atoms in total. The molecule has 3 N–H and O–H groups in total. The minimum absolute atomic E-state index is 0.425. The van der Waals surface area contributed by atoms with Gasteiger partial charge in [0, 0.05) is 5.69 Å². The van der Waals surface area contributed by atoms with Crippen LogP contribution in [0.25, 0.3) is 0 Å². The van der Waals surface area contributed by atoms with E-state index >= 15 is 0 Å². The van der Waals surface area contributed by atoms with Gasteiger partial charge in [-0.05, 0) is 37.5 Å². The number of anilines is 1. The molecule has 0 radical (unpaired) electrons. The fourth-order valence-corrected chi connectivity index (χ4v) is 1.45. The molecule has 0 saturated carbocycles. The highest BCUT2D eigenvalue weighted by Crippen LogP contribution is 2.17. The zero-order chi connectivity index (χ0) is 14.6.